The van der Waals surface area contributed by atoms with E-state index in [1.54, 1.807) is 6.08 Å². The van der Waals surface area contributed by atoms with Crippen molar-refractivity contribution in [3.8, 4) is 0 Å². The van der Waals surface area contributed by atoms with Gasteiger partial charge in [0.15, 0.2) is 0 Å². The maximum atomic E-state index is 11.1. The Hall–Kier alpha value is -1.50. The Morgan fingerprint density at radius 3 is 2.92 bits per heavy atom. The summed E-state index contributed by atoms with van der Waals surface area (Å²) in [5.74, 6) is 5.79. The molecule has 0 fully saturated rings. The molecule has 0 radical (unpaired) electrons. The van der Waals surface area contributed by atoms with Crippen molar-refractivity contribution in [2.45, 2.75) is 5.16 Å². The fourth-order valence-electron chi connectivity index (χ4n) is 0.630. The maximum absolute atomic E-state index is 11.1. The van der Waals surface area contributed by atoms with Gasteiger partial charge >= 0.3 is 5.56 Å². The van der Waals surface area contributed by atoms with Gasteiger partial charge < -0.3 is 11.6 Å². The molecular weight excluding hydrogens is 190 g/mol. The number of thioether (sulfide) groups is 1. The monoisotopic (exact) mass is 199 g/mol. The molecule has 0 bridgehead atoms. The number of nitrogen functional groups attached to an aromatic ring is 2. The summed E-state index contributed by atoms with van der Waals surface area (Å²) in [6.45, 7) is 3.52. The zero-order valence-electron chi connectivity index (χ0n) is 6.80. The summed E-state index contributed by atoms with van der Waals surface area (Å²) in [5.41, 5.74) is 4.66. The second kappa shape index (κ2) is 3.94. The van der Waals surface area contributed by atoms with E-state index in [0.29, 0.717) is 10.9 Å². The van der Waals surface area contributed by atoms with Crippen LogP contribution in [0.5, 0.6) is 0 Å². The second-order valence-corrected chi connectivity index (χ2v) is 3.13. The molecule has 0 amide bonds. The van der Waals surface area contributed by atoms with E-state index in [2.05, 4.69) is 16.8 Å². The van der Waals surface area contributed by atoms with Gasteiger partial charge in [-0.25, -0.2) is 0 Å². The molecule has 1 aromatic rings. The van der Waals surface area contributed by atoms with Gasteiger partial charge in [-0.2, -0.15) is 4.68 Å². The van der Waals surface area contributed by atoms with E-state index in [1.165, 1.54) is 11.8 Å². The Bertz CT molecular complexity index is 374. The maximum Gasteiger partial charge on any atom is 0.315 e. The number of nitrogens with zero attached hydrogens (tertiary/aromatic N) is 3. The molecule has 1 rings (SSSR count). The zero-order valence-corrected chi connectivity index (χ0v) is 7.62. The number of aromatic nitrogens is 3. The third kappa shape index (κ3) is 2.00. The molecule has 4 N–H and O–H groups in total. The molecule has 0 aliphatic rings. The summed E-state index contributed by atoms with van der Waals surface area (Å²) < 4.78 is 0.872. The largest absolute Gasteiger partial charge is 0.378 e. The van der Waals surface area contributed by atoms with Gasteiger partial charge in [-0.1, -0.05) is 17.8 Å². The average Bonchev–Trinajstić information content (AvgIpc) is 2.13. The molecule has 1 aromatic heterocycles. The van der Waals surface area contributed by atoms with Gasteiger partial charge in [0.25, 0.3) is 0 Å². The van der Waals surface area contributed by atoms with Crippen molar-refractivity contribution in [1.29, 1.82) is 0 Å². The van der Waals surface area contributed by atoms with Crippen molar-refractivity contribution >= 4 is 17.6 Å². The molecule has 0 aromatic carbocycles. The first-order valence-corrected chi connectivity index (χ1v) is 4.39. The van der Waals surface area contributed by atoms with E-state index in [-0.39, 0.29) is 5.82 Å². The summed E-state index contributed by atoms with van der Waals surface area (Å²) in [6, 6.07) is 0. The number of rotatable bonds is 3. The van der Waals surface area contributed by atoms with Crippen LogP contribution in [0.4, 0.5) is 5.82 Å². The van der Waals surface area contributed by atoms with Crippen molar-refractivity contribution in [1.82, 2.24) is 14.9 Å². The lowest BCUT2D eigenvalue weighted by molar-refractivity contribution is 0.707. The number of nitrogens with two attached hydrogens (primary N) is 2. The van der Waals surface area contributed by atoms with Gasteiger partial charge in [0, 0.05) is 5.75 Å². The predicted molar refractivity (Wildman–Crippen MR) is 51.8 cm³/mol. The molecule has 0 unspecified atom stereocenters. The molecule has 0 saturated carbocycles. The highest BCUT2D eigenvalue weighted by Crippen LogP contribution is 2.10. The first kappa shape index (κ1) is 9.59. The fraction of sp³-hybridized carbons (Fsp3) is 0.167. The summed E-state index contributed by atoms with van der Waals surface area (Å²) in [7, 11) is 0. The van der Waals surface area contributed by atoms with Gasteiger partial charge in [0.2, 0.25) is 11.0 Å². The van der Waals surface area contributed by atoms with Crippen LogP contribution in [0.25, 0.3) is 0 Å². The minimum atomic E-state index is -0.540. The molecule has 0 spiro atoms. The lowest BCUT2D eigenvalue weighted by Gasteiger charge is -2.03. The van der Waals surface area contributed by atoms with E-state index in [0.717, 1.165) is 4.68 Å². The van der Waals surface area contributed by atoms with Crippen LogP contribution in [-0.4, -0.2) is 20.6 Å². The zero-order chi connectivity index (χ0) is 9.84. The van der Waals surface area contributed by atoms with E-state index < -0.39 is 5.56 Å². The van der Waals surface area contributed by atoms with Crippen LogP contribution in [0.1, 0.15) is 0 Å². The molecule has 13 heavy (non-hydrogen) atoms. The number of hydrogen-bond acceptors (Lipinski definition) is 6. The molecule has 0 atom stereocenters. The van der Waals surface area contributed by atoms with Crippen LogP contribution in [0.2, 0.25) is 0 Å². The second-order valence-electron chi connectivity index (χ2n) is 2.14. The molecule has 7 heteroatoms. The highest BCUT2D eigenvalue weighted by Gasteiger charge is 2.06. The van der Waals surface area contributed by atoms with Crippen molar-refractivity contribution in [3.05, 3.63) is 23.0 Å². The summed E-state index contributed by atoms with van der Waals surface area (Å²) in [6.07, 6.45) is 1.67. The highest BCUT2D eigenvalue weighted by molar-refractivity contribution is 7.99. The molecule has 70 valence electrons. The Labute approximate surface area is 78.6 Å². The minimum Gasteiger partial charge on any atom is -0.378 e. The Morgan fingerprint density at radius 2 is 2.31 bits per heavy atom. The van der Waals surface area contributed by atoms with Crippen LogP contribution in [0.15, 0.2) is 22.6 Å². The third-order valence-corrected chi connectivity index (χ3v) is 2.16. The standard InChI is InChI=1S/C6H9N5OS/c1-2-3-13-6-10-9-4(7)5(12)11(6)8/h2H,1,3,8H2,(H2,7,9). The van der Waals surface area contributed by atoms with Crippen LogP contribution in [0, 0.1) is 0 Å². The van der Waals surface area contributed by atoms with E-state index in [1.807, 2.05) is 0 Å². The van der Waals surface area contributed by atoms with Crippen molar-refractivity contribution < 1.29 is 0 Å². The quantitative estimate of drug-likeness (QED) is 0.376. The SMILES string of the molecule is C=CCSc1nnc(N)c(=O)n1N. The normalized spacial score (nSPS) is 9.85. The Morgan fingerprint density at radius 1 is 1.62 bits per heavy atom. The van der Waals surface area contributed by atoms with Crippen LogP contribution < -0.4 is 17.1 Å². The van der Waals surface area contributed by atoms with E-state index >= 15 is 0 Å². The fourth-order valence-corrected chi connectivity index (χ4v) is 1.22. The van der Waals surface area contributed by atoms with Crippen LogP contribution in [0.3, 0.4) is 0 Å². The lowest BCUT2D eigenvalue weighted by atomic mass is 10.7. The average molecular weight is 199 g/mol. The third-order valence-electron chi connectivity index (χ3n) is 1.22. The lowest BCUT2D eigenvalue weighted by Crippen LogP contribution is -2.32. The summed E-state index contributed by atoms with van der Waals surface area (Å²) >= 11 is 1.26. The molecule has 6 nitrogen and oxygen atoms in total. The van der Waals surface area contributed by atoms with Gasteiger partial charge in [0.1, 0.15) is 0 Å². The topological polar surface area (TPSA) is 99.8 Å². The first-order valence-electron chi connectivity index (χ1n) is 3.40. The van der Waals surface area contributed by atoms with Crippen molar-refractivity contribution in [2.24, 2.45) is 0 Å². The Balaban J connectivity index is 3.03. The van der Waals surface area contributed by atoms with Crippen LogP contribution in [-0.2, 0) is 0 Å². The van der Waals surface area contributed by atoms with Gasteiger partial charge in [-0.05, 0) is 0 Å². The molecule has 0 saturated heterocycles. The molecule has 1 heterocycles. The first-order chi connectivity index (χ1) is 6.16. The van der Waals surface area contributed by atoms with Crippen molar-refractivity contribution in [3.63, 3.8) is 0 Å². The summed E-state index contributed by atoms with van der Waals surface area (Å²) in [4.78, 5) is 11.1. The van der Waals surface area contributed by atoms with Gasteiger partial charge in [0.05, 0.1) is 0 Å². The van der Waals surface area contributed by atoms with Crippen molar-refractivity contribution in [2.75, 3.05) is 17.3 Å². The number of hydrogen-bond donors (Lipinski definition) is 2. The molecule has 0 aliphatic heterocycles. The van der Waals surface area contributed by atoms with E-state index in [9.17, 15) is 4.79 Å². The van der Waals surface area contributed by atoms with E-state index in [4.69, 9.17) is 11.6 Å². The van der Waals surface area contributed by atoms with Gasteiger partial charge in [-0.15, -0.1) is 16.8 Å². The smallest absolute Gasteiger partial charge is 0.315 e. The summed E-state index contributed by atoms with van der Waals surface area (Å²) in [5, 5.41) is 7.42. The van der Waals surface area contributed by atoms with Crippen LogP contribution >= 0.6 is 11.8 Å². The number of anilines is 1. The molecular formula is C6H9N5OS. The highest BCUT2D eigenvalue weighted by atomic mass is 32.2. The molecule has 0 aliphatic carbocycles. The van der Waals surface area contributed by atoms with Gasteiger partial charge in [-0.3, -0.25) is 4.79 Å². The minimum absolute atomic E-state index is 0.203. The Kier molecular flexibility index (Phi) is 2.91. The predicted octanol–water partition coefficient (Wildman–Crippen LogP) is -0.788.